The maximum absolute atomic E-state index is 12.4. The number of hydrogen-bond acceptors (Lipinski definition) is 4. The SMILES string of the molecule is C[C@H](NC(=O)COc1ccccc1)C(=O)NCc1ccccc1OC(F)F. The van der Waals surface area contributed by atoms with Gasteiger partial charge in [-0.05, 0) is 25.1 Å². The maximum atomic E-state index is 12.4. The second-order valence-corrected chi connectivity index (χ2v) is 5.59. The molecule has 0 aliphatic rings. The highest BCUT2D eigenvalue weighted by Gasteiger charge is 2.17. The molecule has 0 saturated carbocycles. The molecule has 144 valence electrons. The van der Waals surface area contributed by atoms with Gasteiger partial charge in [0.05, 0.1) is 0 Å². The number of carbonyl (C=O) groups excluding carboxylic acids is 2. The Morgan fingerprint density at radius 3 is 2.41 bits per heavy atom. The molecule has 2 rings (SSSR count). The monoisotopic (exact) mass is 378 g/mol. The van der Waals surface area contributed by atoms with Crippen LogP contribution in [0.3, 0.4) is 0 Å². The topological polar surface area (TPSA) is 76.7 Å². The molecule has 2 N–H and O–H groups in total. The van der Waals surface area contributed by atoms with Crippen LogP contribution in [0, 0.1) is 0 Å². The summed E-state index contributed by atoms with van der Waals surface area (Å²) in [6, 6.07) is 14.1. The van der Waals surface area contributed by atoms with E-state index in [1.54, 1.807) is 42.5 Å². The van der Waals surface area contributed by atoms with Gasteiger partial charge in [0.25, 0.3) is 5.91 Å². The van der Waals surface area contributed by atoms with Gasteiger partial charge in [0.2, 0.25) is 5.91 Å². The average molecular weight is 378 g/mol. The minimum absolute atomic E-state index is 0.0115. The number of benzene rings is 2. The summed E-state index contributed by atoms with van der Waals surface area (Å²) in [5, 5.41) is 5.08. The molecule has 0 bridgehead atoms. The van der Waals surface area contributed by atoms with Crippen molar-refractivity contribution in [2.75, 3.05) is 6.61 Å². The summed E-state index contributed by atoms with van der Waals surface area (Å²) < 4.78 is 34.5. The summed E-state index contributed by atoms with van der Waals surface area (Å²) >= 11 is 0. The summed E-state index contributed by atoms with van der Waals surface area (Å²) in [6.07, 6.45) is 0. The highest BCUT2D eigenvalue weighted by molar-refractivity contribution is 5.87. The van der Waals surface area contributed by atoms with Gasteiger partial charge < -0.3 is 20.1 Å². The molecule has 0 aliphatic carbocycles. The lowest BCUT2D eigenvalue weighted by Gasteiger charge is -2.16. The van der Waals surface area contributed by atoms with Crippen molar-refractivity contribution in [2.45, 2.75) is 26.1 Å². The van der Waals surface area contributed by atoms with Crippen molar-refractivity contribution in [2.24, 2.45) is 0 Å². The second-order valence-electron chi connectivity index (χ2n) is 5.59. The van der Waals surface area contributed by atoms with Crippen LogP contribution in [0.2, 0.25) is 0 Å². The Balaban J connectivity index is 1.79. The van der Waals surface area contributed by atoms with E-state index in [1.807, 2.05) is 6.07 Å². The molecule has 0 spiro atoms. The highest BCUT2D eigenvalue weighted by Crippen LogP contribution is 2.19. The summed E-state index contributed by atoms with van der Waals surface area (Å²) in [6.45, 7) is -1.68. The van der Waals surface area contributed by atoms with Gasteiger partial charge in [0.15, 0.2) is 6.61 Å². The number of alkyl halides is 2. The molecule has 0 aromatic heterocycles. The molecule has 0 saturated heterocycles. The lowest BCUT2D eigenvalue weighted by Crippen LogP contribution is -2.46. The number of para-hydroxylation sites is 2. The van der Waals surface area contributed by atoms with E-state index < -0.39 is 24.5 Å². The molecule has 0 fully saturated rings. The number of nitrogens with one attached hydrogen (secondary N) is 2. The second kappa shape index (κ2) is 10.1. The first kappa shape index (κ1) is 20.2. The van der Waals surface area contributed by atoms with Crippen LogP contribution < -0.4 is 20.1 Å². The van der Waals surface area contributed by atoms with E-state index in [4.69, 9.17) is 4.74 Å². The van der Waals surface area contributed by atoms with Crippen molar-refractivity contribution >= 4 is 11.8 Å². The lowest BCUT2D eigenvalue weighted by atomic mass is 10.2. The number of carbonyl (C=O) groups is 2. The number of hydrogen-bond donors (Lipinski definition) is 2. The largest absolute Gasteiger partial charge is 0.484 e. The zero-order valence-electron chi connectivity index (χ0n) is 14.7. The van der Waals surface area contributed by atoms with Crippen molar-refractivity contribution in [1.82, 2.24) is 10.6 Å². The van der Waals surface area contributed by atoms with E-state index in [2.05, 4.69) is 15.4 Å². The third kappa shape index (κ3) is 6.93. The van der Waals surface area contributed by atoms with Crippen molar-refractivity contribution in [3.05, 3.63) is 60.2 Å². The fourth-order valence-corrected chi connectivity index (χ4v) is 2.21. The van der Waals surface area contributed by atoms with E-state index in [0.717, 1.165) is 0 Å². The number of ether oxygens (including phenoxy) is 2. The van der Waals surface area contributed by atoms with Gasteiger partial charge in [-0.3, -0.25) is 9.59 Å². The van der Waals surface area contributed by atoms with Gasteiger partial charge in [-0.15, -0.1) is 0 Å². The Bertz CT molecular complexity index is 756. The van der Waals surface area contributed by atoms with E-state index in [9.17, 15) is 18.4 Å². The molecule has 0 unspecified atom stereocenters. The minimum atomic E-state index is -2.95. The standard InChI is InChI=1S/C19H20F2N2O4/c1-13(23-17(24)12-26-15-8-3-2-4-9-15)18(25)22-11-14-7-5-6-10-16(14)27-19(20)21/h2-10,13,19H,11-12H2,1H3,(H,22,25)(H,23,24)/t13-/m0/s1. The van der Waals surface area contributed by atoms with Crippen molar-refractivity contribution in [3.8, 4) is 11.5 Å². The fraction of sp³-hybridized carbons (Fsp3) is 0.263. The Hall–Kier alpha value is -3.16. The molecule has 1 atom stereocenters. The minimum Gasteiger partial charge on any atom is -0.484 e. The van der Waals surface area contributed by atoms with Crippen molar-refractivity contribution in [1.29, 1.82) is 0 Å². The Kier molecular flexibility index (Phi) is 7.54. The third-order valence-electron chi connectivity index (χ3n) is 3.53. The van der Waals surface area contributed by atoms with Crippen molar-refractivity contribution < 1.29 is 27.8 Å². The van der Waals surface area contributed by atoms with Crippen molar-refractivity contribution in [3.63, 3.8) is 0 Å². The summed E-state index contributed by atoms with van der Waals surface area (Å²) in [4.78, 5) is 24.0. The number of amides is 2. The zero-order valence-corrected chi connectivity index (χ0v) is 14.7. The average Bonchev–Trinajstić information content (AvgIpc) is 2.65. The predicted octanol–water partition coefficient (Wildman–Crippen LogP) is 2.49. The van der Waals surface area contributed by atoms with Crippen LogP contribution in [0.5, 0.6) is 11.5 Å². The van der Waals surface area contributed by atoms with Gasteiger partial charge >= 0.3 is 6.61 Å². The first-order valence-corrected chi connectivity index (χ1v) is 8.23. The highest BCUT2D eigenvalue weighted by atomic mass is 19.3. The Morgan fingerprint density at radius 1 is 1.04 bits per heavy atom. The quantitative estimate of drug-likeness (QED) is 0.703. The fourth-order valence-electron chi connectivity index (χ4n) is 2.21. The maximum Gasteiger partial charge on any atom is 0.387 e. The van der Waals surface area contributed by atoms with Crippen LogP contribution in [0.25, 0.3) is 0 Å². The van der Waals surface area contributed by atoms with E-state index in [-0.39, 0.29) is 18.9 Å². The Morgan fingerprint density at radius 2 is 1.70 bits per heavy atom. The first-order valence-electron chi connectivity index (χ1n) is 8.23. The number of halogens is 2. The summed E-state index contributed by atoms with van der Waals surface area (Å²) in [5.74, 6) is -0.390. The predicted molar refractivity (Wildman–Crippen MR) is 94.5 cm³/mol. The molecule has 2 aromatic carbocycles. The van der Waals surface area contributed by atoms with Gasteiger partial charge in [0.1, 0.15) is 17.5 Å². The van der Waals surface area contributed by atoms with Crippen LogP contribution in [0.1, 0.15) is 12.5 Å². The van der Waals surface area contributed by atoms with E-state index in [1.165, 1.54) is 13.0 Å². The molecule has 6 nitrogen and oxygen atoms in total. The van der Waals surface area contributed by atoms with Crippen LogP contribution in [-0.4, -0.2) is 31.1 Å². The zero-order chi connectivity index (χ0) is 19.6. The van der Waals surface area contributed by atoms with Crippen LogP contribution in [0.4, 0.5) is 8.78 Å². The molecule has 27 heavy (non-hydrogen) atoms. The van der Waals surface area contributed by atoms with Gasteiger partial charge in [-0.25, -0.2) is 0 Å². The van der Waals surface area contributed by atoms with Gasteiger partial charge in [-0.1, -0.05) is 36.4 Å². The van der Waals surface area contributed by atoms with Crippen LogP contribution in [-0.2, 0) is 16.1 Å². The smallest absolute Gasteiger partial charge is 0.387 e. The van der Waals surface area contributed by atoms with Gasteiger partial charge in [-0.2, -0.15) is 8.78 Å². The first-order chi connectivity index (χ1) is 13.0. The third-order valence-corrected chi connectivity index (χ3v) is 3.53. The molecular weight excluding hydrogens is 358 g/mol. The molecule has 8 heteroatoms. The normalized spacial score (nSPS) is 11.6. The summed E-state index contributed by atoms with van der Waals surface area (Å²) in [5.41, 5.74) is 0.400. The lowest BCUT2D eigenvalue weighted by molar-refractivity contribution is -0.129. The van der Waals surface area contributed by atoms with E-state index >= 15 is 0 Å². The van der Waals surface area contributed by atoms with Crippen LogP contribution >= 0.6 is 0 Å². The van der Waals surface area contributed by atoms with Crippen LogP contribution in [0.15, 0.2) is 54.6 Å². The molecule has 2 aromatic rings. The van der Waals surface area contributed by atoms with E-state index in [0.29, 0.717) is 11.3 Å². The molecule has 0 heterocycles. The molecular formula is C19H20F2N2O4. The molecule has 2 amide bonds. The Labute approximate surface area is 155 Å². The molecule has 0 radical (unpaired) electrons. The number of rotatable bonds is 9. The molecule has 0 aliphatic heterocycles. The van der Waals surface area contributed by atoms with Gasteiger partial charge in [0, 0.05) is 12.1 Å². The summed E-state index contributed by atoms with van der Waals surface area (Å²) in [7, 11) is 0.